The number of likely N-dealkylation sites (N-methyl/N-ethyl adjacent to an activating group) is 1. The highest BCUT2D eigenvalue weighted by Gasteiger charge is 2.34. The van der Waals surface area contributed by atoms with E-state index in [9.17, 15) is 9.59 Å². The summed E-state index contributed by atoms with van der Waals surface area (Å²) in [6, 6.07) is 0.166. The maximum absolute atomic E-state index is 12.4. The molecule has 0 atom stereocenters. The molecule has 6 heteroatoms. The Bertz CT molecular complexity index is 305. The van der Waals surface area contributed by atoms with Gasteiger partial charge < -0.3 is 19.6 Å². The Hall–Kier alpha value is -1.30. The van der Waals surface area contributed by atoms with Gasteiger partial charge in [0.2, 0.25) is 0 Å². The molecule has 0 radical (unpaired) electrons. The standard InChI is InChI=1S/C13H24N2O4/c1-3-14(9-10-19-4-2)13(18)15(11-5-6-11)8-7-12(16)17/h11H,3-10H2,1-2H3,(H,16,17). The van der Waals surface area contributed by atoms with Crippen LogP contribution in [0.4, 0.5) is 4.79 Å². The second kappa shape index (κ2) is 7.99. The maximum atomic E-state index is 12.4. The Kier molecular flexibility index (Phi) is 6.62. The van der Waals surface area contributed by atoms with Gasteiger partial charge in [-0.3, -0.25) is 4.79 Å². The van der Waals surface area contributed by atoms with Gasteiger partial charge in [0.15, 0.2) is 0 Å². The molecule has 1 rings (SSSR count). The topological polar surface area (TPSA) is 70.1 Å². The maximum Gasteiger partial charge on any atom is 0.320 e. The second-order valence-corrected chi connectivity index (χ2v) is 4.63. The number of carboxylic acid groups (broad SMARTS) is 1. The molecular formula is C13H24N2O4. The first-order chi connectivity index (χ1) is 9.10. The van der Waals surface area contributed by atoms with Crippen molar-refractivity contribution >= 4 is 12.0 Å². The van der Waals surface area contributed by atoms with Gasteiger partial charge in [-0.15, -0.1) is 0 Å². The number of aliphatic carboxylic acids is 1. The number of nitrogens with zero attached hydrogens (tertiary/aromatic N) is 2. The number of hydrogen-bond acceptors (Lipinski definition) is 3. The summed E-state index contributed by atoms with van der Waals surface area (Å²) in [5, 5.41) is 8.74. The number of ether oxygens (including phenoxy) is 1. The summed E-state index contributed by atoms with van der Waals surface area (Å²) >= 11 is 0. The molecule has 0 aromatic carbocycles. The Morgan fingerprint density at radius 3 is 2.42 bits per heavy atom. The summed E-state index contributed by atoms with van der Waals surface area (Å²) in [5.74, 6) is -0.865. The van der Waals surface area contributed by atoms with Gasteiger partial charge in [-0.05, 0) is 26.7 Å². The lowest BCUT2D eigenvalue weighted by atomic mass is 10.3. The number of carbonyl (C=O) groups is 2. The van der Waals surface area contributed by atoms with Crippen LogP contribution in [0.25, 0.3) is 0 Å². The Balaban J connectivity index is 2.50. The van der Waals surface area contributed by atoms with Gasteiger partial charge in [-0.2, -0.15) is 0 Å². The first-order valence-corrected chi connectivity index (χ1v) is 6.95. The number of urea groups is 1. The predicted molar refractivity (Wildman–Crippen MR) is 71.1 cm³/mol. The second-order valence-electron chi connectivity index (χ2n) is 4.63. The van der Waals surface area contributed by atoms with E-state index in [1.54, 1.807) is 9.80 Å². The van der Waals surface area contributed by atoms with Crippen LogP contribution in [-0.2, 0) is 9.53 Å². The molecule has 0 heterocycles. The van der Waals surface area contributed by atoms with E-state index in [1.165, 1.54) is 0 Å². The van der Waals surface area contributed by atoms with Gasteiger partial charge in [0.05, 0.1) is 13.0 Å². The van der Waals surface area contributed by atoms with Crippen molar-refractivity contribution in [3.63, 3.8) is 0 Å². The van der Waals surface area contributed by atoms with E-state index < -0.39 is 5.97 Å². The smallest absolute Gasteiger partial charge is 0.320 e. The molecule has 0 aromatic heterocycles. The average Bonchev–Trinajstić information content (AvgIpc) is 3.19. The largest absolute Gasteiger partial charge is 0.481 e. The van der Waals surface area contributed by atoms with Crippen LogP contribution >= 0.6 is 0 Å². The van der Waals surface area contributed by atoms with Crippen LogP contribution in [0.1, 0.15) is 33.1 Å². The molecule has 1 aliphatic carbocycles. The fourth-order valence-electron chi connectivity index (χ4n) is 1.93. The van der Waals surface area contributed by atoms with Crippen LogP contribution in [0.5, 0.6) is 0 Å². The molecular weight excluding hydrogens is 248 g/mol. The van der Waals surface area contributed by atoms with Gasteiger partial charge in [0.25, 0.3) is 0 Å². The Morgan fingerprint density at radius 1 is 1.26 bits per heavy atom. The number of carbonyl (C=O) groups excluding carboxylic acids is 1. The van der Waals surface area contributed by atoms with Crippen molar-refractivity contribution in [3.05, 3.63) is 0 Å². The highest BCUT2D eigenvalue weighted by molar-refractivity contribution is 5.76. The van der Waals surface area contributed by atoms with Crippen LogP contribution in [0.15, 0.2) is 0 Å². The summed E-state index contributed by atoms with van der Waals surface area (Å²) in [5.41, 5.74) is 0. The van der Waals surface area contributed by atoms with Gasteiger partial charge in [-0.25, -0.2) is 4.79 Å². The minimum atomic E-state index is -0.865. The van der Waals surface area contributed by atoms with Gasteiger partial charge >= 0.3 is 12.0 Å². The van der Waals surface area contributed by atoms with Crippen molar-refractivity contribution in [2.75, 3.05) is 32.8 Å². The van der Waals surface area contributed by atoms with E-state index in [-0.39, 0.29) is 18.5 Å². The highest BCUT2D eigenvalue weighted by atomic mass is 16.5. The van der Waals surface area contributed by atoms with E-state index in [4.69, 9.17) is 9.84 Å². The van der Waals surface area contributed by atoms with Crippen LogP contribution < -0.4 is 0 Å². The van der Waals surface area contributed by atoms with Crippen LogP contribution in [-0.4, -0.2) is 65.8 Å². The molecule has 6 nitrogen and oxygen atoms in total. The van der Waals surface area contributed by atoms with Crippen LogP contribution in [0.3, 0.4) is 0 Å². The van der Waals surface area contributed by atoms with Crippen molar-refractivity contribution in [1.29, 1.82) is 0 Å². The molecule has 0 bridgehead atoms. The first-order valence-electron chi connectivity index (χ1n) is 6.95. The molecule has 19 heavy (non-hydrogen) atoms. The van der Waals surface area contributed by atoms with E-state index >= 15 is 0 Å². The third kappa shape index (κ3) is 5.46. The molecule has 0 unspecified atom stereocenters. The minimum absolute atomic E-state index is 0.00521. The molecule has 0 saturated heterocycles. The zero-order valence-corrected chi connectivity index (χ0v) is 11.8. The summed E-state index contributed by atoms with van der Waals surface area (Å²) in [6.45, 7) is 6.46. The quantitative estimate of drug-likeness (QED) is 0.644. The SMILES string of the molecule is CCOCCN(CC)C(=O)N(CCC(=O)O)C1CC1. The molecule has 0 aliphatic heterocycles. The summed E-state index contributed by atoms with van der Waals surface area (Å²) in [6.07, 6.45) is 1.97. The third-order valence-corrected chi connectivity index (χ3v) is 3.16. The van der Waals surface area contributed by atoms with Crippen LogP contribution in [0.2, 0.25) is 0 Å². The van der Waals surface area contributed by atoms with E-state index in [1.807, 2.05) is 13.8 Å². The van der Waals surface area contributed by atoms with Gasteiger partial charge in [0.1, 0.15) is 0 Å². The molecule has 1 aliphatic rings. The zero-order chi connectivity index (χ0) is 14.3. The predicted octanol–water partition coefficient (Wildman–Crippen LogP) is 1.40. The fraction of sp³-hybridized carbons (Fsp3) is 0.846. The van der Waals surface area contributed by atoms with Crippen molar-refractivity contribution in [1.82, 2.24) is 9.80 Å². The number of carboxylic acids is 1. The lowest BCUT2D eigenvalue weighted by molar-refractivity contribution is -0.137. The molecule has 1 saturated carbocycles. The van der Waals surface area contributed by atoms with Crippen molar-refractivity contribution in [3.8, 4) is 0 Å². The van der Waals surface area contributed by atoms with Crippen molar-refractivity contribution in [2.24, 2.45) is 0 Å². The fourth-order valence-corrected chi connectivity index (χ4v) is 1.93. The number of rotatable bonds is 9. The van der Waals surface area contributed by atoms with Crippen molar-refractivity contribution < 1.29 is 19.4 Å². The first kappa shape index (κ1) is 15.8. The molecule has 0 aromatic rings. The molecule has 1 fully saturated rings. The van der Waals surface area contributed by atoms with E-state index in [2.05, 4.69) is 0 Å². The Morgan fingerprint density at radius 2 is 1.95 bits per heavy atom. The van der Waals surface area contributed by atoms with E-state index in [0.29, 0.717) is 32.8 Å². The minimum Gasteiger partial charge on any atom is -0.481 e. The zero-order valence-electron chi connectivity index (χ0n) is 11.8. The average molecular weight is 272 g/mol. The lowest BCUT2D eigenvalue weighted by Gasteiger charge is -2.29. The van der Waals surface area contributed by atoms with Gasteiger partial charge in [0, 0.05) is 32.3 Å². The molecule has 110 valence electrons. The van der Waals surface area contributed by atoms with Crippen molar-refractivity contribution in [2.45, 2.75) is 39.2 Å². The molecule has 0 spiro atoms. The normalized spacial score (nSPS) is 14.2. The molecule has 2 amide bonds. The number of hydrogen-bond donors (Lipinski definition) is 1. The third-order valence-electron chi connectivity index (χ3n) is 3.16. The van der Waals surface area contributed by atoms with Crippen LogP contribution in [0, 0.1) is 0 Å². The summed E-state index contributed by atoms with van der Waals surface area (Å²) in [7, 11) is 0. The molecule has 1 N–H and O–H groups in total. The lowest BCUT2D eigenvalue weighted by Crippen LogP contribution is -2.46. The summed E-state index contributed by atoms with van der Waals surface area (Å²) in [4.78, 5) is 26.4. The van der Waals surface area contributed by atoms with Gasteiger partial charge in [-0.1, -0.05) is 0 Å². The summed E-state index contributed by atoms with van der Waals surface area (Å²) < 4.78 is 5.26. The number of amides is 2. The monoisotopic (exact) mass is 272 g/mol. The highest BCUT2D eigenvalue weighted by Crippen LogP contribution is 2.27. The van der Waals surface area contributed by atoms with E-state index in [0.717, 1.165) is 12.8 Å². The Labute approximate surface area is 114 Å².